The number of allylic oxidation sites excluding steroid dienone is 2. The van der Waals surface area contributed by atoms with E-state index in [1.54, 1.807) is 0 Å². The fourth-order valence-corrected chi connectivity index (χ4v) is 1.09. The average Bonchev–Trinajstić information content (AvgIpc) is 2.02. The molecule has 0 aliphatic carbocycles. The zero-order valence-corrected chi connectivity index (χ0v) is 8.42. The summed E-state index contributed by atoms with van der Waals surface area (Å²) in [7, 11) is 0. The molecule has 72 valence electrons. The highest BCUT2D eigenvalue weighted by molar-refractivity contribution is 4.81. The van der Waals surface area contributed by atoms with Gasteiger partial charge in [0.1, 0.15) is 0 Å². The van der Waals surface area contributed by atoms with Crippen molar-refractivity contribution >= 4 is 0 Å². The van der Waals surface area contributed by atoms with Gasteiger partial charge in [-0.05, 0) is 32.6 Å². The zero-order valence-electron chi connectivity index (χ0n) is 8.42. The summed E-state index contributed by atoms with van der Waals surface area (Å²) in [4.78, 5) is 0. The normalized spacial score (nSPS) is 13.9. The number of aliphatic hydroxyl groups is 1. The summed E-state index contributed by atoms with van der Waals surface area (Å²) in [5.74, 6) is 0. The van der Waals surface area contributed by atoms with E-state index in [0.717, 1.165) is 12.8 Å². The van der Waals surface area contributed by atoms with Crippen molar-refractivity contribution in [2.24, 2.45) is 0 Å². The SMILES string of the molecule is CCCCC/C=C/CCC(C)O. The fraction of sp³-hybridized carbons (Fsp3) is 0.818. The highest BCUT2D eigenvalue weighted by Gasteiger charge is 1.90. The van der Waals surface area contributed by atoms with E-state index in [-0.39, 0.29) is 6.10 Å². The van der Waals surface area contributed by atoms with Crippen molar-refractivity contribution in [1.82, 2.24) is 0 Å². The number of hydrogen-bond donors (Lipinski definition) is 1. The summed E-state index contributed by atoms with van der Waals surface area (Å²) in [5, 5.41) is 8.96. The number of hydrogen-bond acceptors (Lipinski definition) is 1. The number of aliphatic hydroxyl groups excluding tert-OH is 1. The quantitative estimate of drug-likeness (QED) is 0.459. The Kier molecular flexibility index (Phi) is 8.57. The summed E-state index contributed by atoms with van der Waals surface area (Å²) >= 11 is 0. The van der Waals surface area contributed by atoms with Crippen LogP contribution in [0.2, 0.25) is 0 Å². The monoisotopic (exact) mass is 170 g/mol. The van der Waals surface area contributed by atoms with E-state index in [2.05, 4.69) is 19.1 Å². The lowest BCUT2D eigenvalue weighted by Crippen LogP contribution is -1.96. The molecule has 0 rings (SSSR count). The van der Waals surface area contributed by atoms with E-state index < -0.39 is 0 Å². The van der Waals surface area contributed by atoms with Crippen LogP contribution >= 0.6 is 0 Å². The zero-order chi connectivity index (χ0) is 9.23. The smallest absolute Gasteiger partial charge is 0.0515 e. The Hall–Kier alpha value is -0.300. The third-order valence-electron chi connectivity index (χ3n) is 1.89. The molecule has 1 heteroatoms. The van der Waals surface area contributed by atoms with Gasteiger partial charge in [-0.25, -0.2) is 0 Å². The standard InChI is InChI=1S/C11H22O/c1-3-4-5-6-7-8-9-10-11(2)12/h7-8,11-12H,3-6,9-10H2,1-2H3/b8-7+. The van der Waals surface area contributed by atoms with Crippen LogP contribution in [0.15, 0.2) is 12.2 Å². The first-order valence-corrected chi connectivity index (χ1v) is 5.10. The summed E-state index contributed by atoms with van der Waals surface area (Å²) < 4.78 is 0. The van der Waals surface area contributed by atoms with Gasteiger partial charge in [-0.2, -0.15) is 0 Å². The van der Waals surface area contributed by atoms with Crippen LogP contribution in [0.1, 0.15) is 52.4 Å². The average molecular weight is 170 g/mol. The molecule has 0 fully saturated rings. The fourth-order valence-electron chi connectivity index (χ4n) is 1.09. The van der Waals surface area contributed by atoms with Crippen molar-refractivity contribution in [2.45, 2.75) is 58.5 Å². The third kappa shape index (κ3) is 9.70. The van der Waals surface area contributed by atoms with Crippen molar-refractivity contribution in [3.63, 3.8) is 0 Å². The molecule has 0 aromatic heterocycles. The van der Waals surface area contributed by atoms with Gasteiger partial charge in [0.05, 0.1) is 6.10 Å². The van der Waals surface area contributed by atoms with Crippen LogP contribution in [0, 0.1) is 0 Å². The van der Waals surface area contributed by atoms with Gasteiger partial charge in [-0.1, -0.05) is 31.9 Å². The van der Waals surface area contributed by atoms with Gasteiger partial charge in [-0.3, -0.25) is 0 Å². The lowest BCUT2D eigenvalue weighted by atomic mass is 10.1. The van der Waals surface area contributed by atoms with Crippen LogP contribution in [0.4, 0.5) is 0 Å². The van der Waals surface area contributed by atoms with Gasteiger partial charge in [0.15, 0.2) is 0 Å². The van der Waals surface area contributed by atoms with Gasteiger partial charge in [0, 0.05) is 0 Å². The Morgan fingerprint density at radius 3 is 2.42 bits per heavy atom. The summed E-state index contributed by atoms with van der Waals surface area (Å²) in [6.45, 7) is 4.06. The number of unbranched alkanes of at least 4 members (excludes halogenated alkanes) is 3. The molecule has 1 N–H and O–H groups in total. The second-order valence-corrected chi connectivity index (χ2v) is 3.39. The van der Waals surface area contributed by atoms with Crippen molar-refractivity contribution in [2.75, 3.05) is 0 Å². The lowest BCUT2D eigenvalue weighted by Gasteiger charge is -1.98. The molecule has 0 saturated carbocycles. The minimum atomic E-state index is -0.148. The second-order valence-electron chi connectivity index (χ2n) is 3.39. The van der Waals surface area contributed by atoms with Crippen LogP contribution in [-0.2, 0) is 0 Å². The summed E-state index contributed by atoms with van der Waals surface area (Å²) in [5.41, 5.74) is 0. The van der Waals surface area contributed by atoms with Gasteiger partial charge in [0.2, 0.25) is 0 Å². The molecule has 0 aromatic carbocycles. The molecule has 1 atom stereocenters. The first-order valence-electron chi connectivity index (χ1n) is 5.10. The van der Waals surface area contributed by atoms with Gasteiger partial charge in [0.25, 0.3) is 0 Å². The molecule has 0 bridgehead atoms. The molecular weight excluding hydrogens is 148 g/mol. The molecule has 0 amide bonds. The van der Waals surface area contributed by atoms with Gasteiger partial charge in [-0.15, -0.1) is 0 Å². The van der Waals surface area contributed by atoms with Crippen molar-refractivity contribution in [3.05, 3.63) is 12.2 Å². The molecular formula is C11H22O. The Labute approximate surface area is 76.5 Å². The Morgan fingerprint density at radius 1 is 1.17 bits per heavy atom. The molecule has 0 aliphatic heterocycles. The maximum atomic E-state index is 8.96. The van der Waals surface area contributed by atoms with E-state index >= 15 is 0 Å². The lowest BCUT2D eigenvalue weighted by molar-refractivity contribution is 0.186. The number of rotatable bonds is 7. The van der Waals surface area contributed by atoms with E-state index in [1.807, 2.05) is 6.92 Å². The van der Waals surface area contributed by atoms with E-state index in [9.17, 15) is 0 Å². The van der Waals surface area contributed by atoms with Crippen molar-refractivity contribution in [1.29, 1.82) is 0 Å². The molecule has 0 radical (unpaired) electrons. The minimum absolute atomic E-state index is 0.148. The summed E-state index contributed by atoms with van der Waals surface area (Å²) in [6.07, 6.45) is 11.3. The van der Waals surface area contributed by atoms with Crippen LogP contribution in [-0.4, -0.2) is 11.2 Å². The summed E-state index contributed by atoms with van der Waals surface area (Å²) in [6, 6.07) is 0. The minimum Gasteiger partial charge on any atom is -0.393 e. The molecule has 1 unspecified atom stereocenters. The maximum absolute atomic E-state index is 8.96. The maximum Gasteiger partial charge on any atom is 0.0515 e. The second kappa shape index (κ2) is 8.79. The molecule has 0 aliphatic rings. The predicted octanol–water partition coefficient (Wildman–Crippen LogP) is 3.28. The van der Waals surface area contributed by atoms with Crippen molar-refractivity contribution in [3.8, 4) is 0 Å². The first kappa shape index (κ1) is 11.7. The van der Waals surface area contributed by atoms with E-state index in [1.165, 1.54) is 25.7 Å². The Morgan fingerprint density at radius 2 is 1.83 bits per heavy atom. The van der Waals surface area contributed by atoms with Crippen LogP contribution < -0.4 is 0 Å². The molecule has 0 saturated heterocycles. The molecule has 0 heterocycles. The van der Waals surface area contributed by atoms with Crippen LogP contribution in [0.25, 0.3) is 0 Å². The third-order valence-corrected chi connectivity index (χ3v) is 1.89. The van der Waals surface area contributed by atoms with Crippen molar-refractivity contribution < 1.29 is 5.11 Å². The van der Waals surface area contributed by atoms with Gasteiger partial charge < -0.3 is 5.11 Å². The molecule has 12 heavy (non-hydrogen) atoms. The van der Waals surface area contributed by atoms with Crippen LogP contribution in [0.3, 0.4) is 0 Å². The Bertz CT molecular complexity index is 106. The largest absolute Gasteiger partial charge is 0.393 e. The topological polar surface area (TPSA) is 20.2 Å². The van der Waals surface area contributed by atoms with Crippen LogP contribution in [0.5, 0.6) is 0 Å². The highest BCUT2D eigenvalue weighted by Crippen LogP contribution is 2.02. The predicted molar refractivity (Wildman–Crippen MR) is 54.2 cm³/mol. The molecule has 1 nitrogen and oxygen atoms in total. The van der Waals surface area contributed by atoms with E-state index in [0.29, 0.717) is 0 Å². The van der Waals surface area contributed by atoms with E-state index in [4.69, 9.17) is 5.11 Å². The highest BCUT2D eigenvalue weighted by atomic mass is 16.3. The molecule has 0 aromatic rings. The molecule has 0 spiro atoms. The van der Waals surface area contributed by atoms with Gasteiger partial charge >= 0.3 is 0 Å². The Balaban J connectivity index is 3.04. The first-order chi connectivity index (χ1) is 5.77.